The predicted molar refractivity (Wildman–Crippen MR) is 90.0 cm³/mol. The molecule has 1 aromatic carbocycles. The lowest BCUT2D eigenvalue weighted by molar-refractivity contribution is -0.139. The Balaban J connectivity index is 2.79. The van der Waals surface area contributed by atoms with Gasteiger partial charge < -0.3 is 19.5 Å². The van der Waals surface area contributed by atoms with Crippen LogP contribution in [-0.2, 0) is 19.1 Å². The second-order valence-electron chi connectivity index (χ2n) is 5.09. The first kappa shape index (κ1) is 18.0. The fraction of sp³-hybridized carbons (Fsp3) is 0.167. The summed E-state index contributed by atoms with van der Waals surface area (Å²) in [7, 11) is 2.37. The van der Waals surface area contributed by atoms with E-state index in [4.69, 9.17) is 9.47 Å². The summed E-state index contributed by atoms with van der Waals surface area (Å²) in [5.74, 6) is -2.69. The van der Waals surface area contributed by atoms with Crippen LogP contribution in [0.15, 0.2) is 53.9 Å². The largest absolute Gasteiger partial charge is 0.478 e. The van der Waals surface area contributed by atoms with Crippen molar-refractivity contribution in [1.82, 2.24) is 0 Å². The molecule has 0 radical (unpaired) electrons. The van der Waals surface area contributed by atoms with Crippen molar-refractivity contribution in [3.63, 3.8) is 0 Å². The van der Waals surface area contributed by atoms with Crippen molar-refractivity contribution in [2.75, 3.05) is 19.1 Å². The number of hydrogen-bond acceptors (Lipinski definition) is 6. The number of methoxy groups -OCH3 is 2. The molecule has 0 aliphatic carbocycles. The molecule has 7 nitrogen and oxygen atoms in total. The molecule has 0 fully saturated rings. The van der Waals surface area contributed by atoms with Crippen molar-refractivity contribution in [3.05, 3.63) is 65.0 Å². The molecule has 0 saturated heterocycles. The third-order valence-corrected chi connectivity index (χ3v) is 3.61. The van der Waals surface area contributed by atoms with Crippen LogP contribution in [0.1, 0.15) is 15.9 Å². The second-order valence-corrected chi connectivity index (χ2v) is 5.09. The third-order valence-electron chi connectivity index (χ3n) is 3.61. The van der Waals surface area contributed by atoms with Crippen LogP contribution in [-0.4, -0.2) is 37.2 Å². The van der Waals surface area contributed by atoms with E-state index in [-0.39, 0.29) is 22.5 Å². The number of aryl methyl sites for hydroxylation is 1. The minimum atomic E-state index is -1.15. The van der Waals surface area contributed by atoms with Crippen LogP contribution >= 0.6 is 0 Å². The van der Waals surface area contributed by atoms with Crippen LogP contribution in [0, 0.1) is 6.92 Å². The molecule has 1 aliphatic rings. The summed E-state index contributed by atoms with van der Waals surface area (Å²) in [6.07, 6.45) is 6.02. The van der Waals surface area contributed by atoms with Crippen LogP contribution in [0.2, 0.25) is 0 Å². The maximum atomic E-state index is 12.4. The highest BCUT2D eigenvalue weighted by Gasteiger charge is 2.29. The fourth-order valence-corrected chi connectivity index (χ4v) is 2.48. The molecule has 25 heavy (non-hydrogen) atoms. The van der Waals surface area contributed by atoms with Gasteiger partial charge in [-0.25, -0.2) is 14.4 Å². The highest BCUT2D eigenvalue weighted by molar-refractivity contribution is 6.07. The molecule has 0 aromatic heterocycles. The SMILES string of the molecule is COC(=O)C1=C(C(=O)OC)N(c2cccc(C)c2C(=O)O)C=CC=C1. The van der Waals surface area contributed by atoms with Gasteiger partial charge in [-0.1, -0.05) is 18.2 Å². The lowest BCUT2D eigenvalue weighted by atomic mass is 10.0. The van der Waals surface area contributed by atoms with E-state index >= 15 is 0 Å². The number of carboxylic acid groups (broad SMARTS) is 1. The minimum absolute atomic E-state index is 0.0136. The molecule has 2 rings (SSSR count). The zero-order valence-electron chi connectivity index (χ0n) is 14.0. The van der Waals surface area contributed by atoms with Gasteiger partial charge in [-0.2, -0.15) is 0 Å². The topological polar surface area (TPSA) is 93.1 Å². The van der Waals surface area contributed by atoms with Crippen molar-refractivity contribution in [1.29, 1.82) is 0 Å². The van der Waals surface area contributed by atoms with Crippen LogP contribution < -0.4 is 4.90 Å². The molecule has 1 heterocycles. The number of nitrogens with zero attached hydrogens (tertiary/aromatic N) is 1. The third kappa shape index (κ3) is 3.45. The van der Waals surface area contributed by atoms with Crippen molar-refractivity contribution in [2.24, 2.45) is 0 Å². The number of aromatic carboxylic acids is 1. The van der Waals surface area contributed by atoms with Gasteiger partial charge in [0.1, 0.15) is 5.70 Å². The van der Waals surface area contributed by atoms with Crippen molar-refractivity contribution >= 4 is 23.6 Å². The van der Waals surface area contributed by atoms with E-state index in [1.54, 1.807) is 37.3 Å². The van der Waals surface area contributed by atoms with Gasteiger partial charge in [0.25, 0.3) is 0 Å². The standard InChI is InChI=1S/C18H17NO6/c1-11-7-6-9-13(14(11)16(20)21)19-10-5-4-8-12(17(22)24-2)15(19)18(23)25-3/h4-10H,1-3H3,(H,20,21). The van der Waals surface area contributed by atoms with E-state index < -0.39 is 17.9 Å². The quantitative estimate of drug-likeness (QED) is 0.838. The zero-order valence-corrected chi connectivity index (χ0v) is 14.0. The Morgan fingerprint density at radius 2 is 1.72 bits per heavy atom. The second kappa shape index (κ2) is 7.48. The predicted octanol–water partition coefficient (Wildman–Crippen LogP) is 2.18. The minimum Gasteiger partial charge on any atom is -0.478 e. The van der Waals surface area contributed by atoms with Crippen molar-refractivity contribution < 1.29 is 29.0 Å². The Hall–Kier alpha value is -3.35. The summed E-state index contributed by atoms with van der Waals surface area (Å²) in [5.41, 5.74) is 0.581. The summed E-state index contributed by atoms with van der Waals surface area (Å²) in [4.78, 5) is 37.5. The van der Waals surface area contributed by atoms with Gasteiger partial charge in [0, 0.05) is 6.20 Å². The van der Waals surface area contributed by atoms with Crippen LogP contribution in [0.5, 0.6) is 0 Å². The Labute approximate surface area is 144 Å². The molecule has 0 spiro atoms. The number of hydrogen-bond donors (Lipinski definition) is 1. The molecule has 1 aromatic rings. The van der Waals surface area contributed by atoms with Gasteiger partial charge in [0.15, 0.2) is 0 Å². The number of anilines is 1. The lowest BCUT2D eigenvalue weighted by Gasteiger charge is -2.25. The van der Waals surface area contributed by atoms with Crippen LogP contribution in [0.25, 0.3) is 0 Å². The van der Waals surface area contributed by atoms with Crippen LogP contribution in [0.3, 0.4) is 0 Å². The molecule has 0 bridgehead atoms. The molecule has 7 heteroatoms. The Morgan fingerprint density at radius 1 is 1.04 bits per heavy atom. The number of carboxylic acids is 1. The van der Waals surface area contributed by atoms with Gasteiger partial charge in [0.05, 0.1) is 31.0 Å². The van der Waals surface area contributed by atoms with Crippen LogP contribution in [0.4, 0.5) is 5.69 Å². The fourth-order valence-electron chi connectivity index (χ4n) is 2.48. The average Bonchev–Trinajstić information content (AvgIpc) is 2.82. The number of benzene rings is 1. The first-order valence-electron chi connectivity index (χ1n) is 7.30. The Bertz CT molecular complexity index is 819. The Kier molecular flexibility index (Phi) is 5.38. The van der Waals surface area contributed by atoms with Gasteiger partial charge in [-0.3, -0.25) is 0 Å². The van der Waals surface area contributed by atoms with Gasteiger partial charge >= 0.3 is 17.9 Å². The number of carbonyl (C=O) groups excluding carboxylic acids is 2. The van der Waals surface area contributed by atoms with E-state index in [1.807, 2.05) is 0 Å². The van der Waals surface area contributed by atoms with E-state index in [9.17, 15) is 19.5 Å². The summed E-state index contributed by atoms with van der Waals surface area (Å²) in [6.45, 7) is 1.65. The molecule has 0 amide bonds. The number of rotatable bonds is 4. The first-order chi connectivity index (χ1) is 11.9. The average molecular weight is 343 g/mol. The molecular formula is C18H17NO6. The molecule has 1 aliphatic heterocycles. The maximum Gasteiger partial charge on any atom is 0.355 e. The monoisotopic (exact) mass is 343 g/mol. The normalized spacial score (nSPS) is 13.5. The van der Waals surface area contributed by atoms with E-state index in [1.165, 1.54) is 31.4 Å². The van der Waals surface area contributed by atoms with Crippen molar-refractivity contribution in [2.45, 2.75) is 6.92 Å². The lowest BCUT2D eigenvalue weighted by Crippen LogP contribution is -2.28. The summed E-state index contributed by atoms with van der Waals surface area (Å²) in [6, 6.07) is 4.86. The zero-order chi connectivity index (χ0) is 18.6. The first-order valence-corrected chi connectivity index (χ1v) is 7.30. The molecule has 0 atom stereocenters. The number of allylic oxidation sites excluding steroid dienone is 2. The van der Waals surface area contributed by atoms with Gasteiger partial charge in [-0.05, 0) is 30.7 Å². The van der Waals surface area contributed by atoms with Gasteiger partial charge in [-0.15, -0.1) is 0 Å². The number of carbonyl (C=O) groups is 3. The number of ether oxygens (including phenoxy) is 2. The van der Waals surface area contributed by atoms with Crippen molar-refractivity contribution in [3.8, 4) is 0 Å². The molecule has 130 valence electrons. The van der Waals surface area contributed by atoms with E-state index in [0.29, 0.717) is 5.56 Å². The highest BCUT2D eigenvalue weighted by Crippen LogP contribution is 2.30. The molecular weight excluding hydrogens is 326 g/mol. The number of esters is 2. The van der Waals surface area contributed by atoms with E-state index in [2.05, 4.69) is 0 Å². The molecule has 0 unspecified atom stereocenters. The molecule has 0 saturated carbocycles. The smallest absolute Gasteiger partial charge is 0.355 e. The molecule has 1 N–H and O–H groups in total. The summed E-state index contributed by atoms with van der Waals surface area (Å²) < 4.78 is 9.52. The van der Waals surface area contributed by atoms with Gasteiger partial charge in [0.2, 0.25) is 0 Å². The maximum absolute atomic E-state index is 12.4. The summed E-state index contributed by atoms with van der Waals surface area (Å²) >= 11 is 0. The summed E-state index contributed by atoms with van der Waals surface area (Å²) in [5, 5.41) is 9.56. The highest BCUT2D eigenvalue weighted by atomic mass is 16.5. The Morgan fingerprint density at radius 3 is 2.32 bits per heavy atom. The van der Waals surface area contributed by atoms with E-state index in [0.717, 1.165) is 0 Å².